The molecular weight excluding hydrogens is 276 g/mol. The normalized spacial score (nSPS) is 10.7. The van der Waals surface area contributed by atoms with Gasteiger partial charge >= 0.3 is 12.0 Å². The largest absolute Gasteiger partial charge is 0.477 e. The summed E-state index contributed by atoms with van der Waals surface area (Å²) >= 11 is 0. The van der Waals surface area contributed by atoms with E-state index in [9.17, 15) is 9.59 Å². The lowest BCUT2D eigenvalue weighted by molar-refractivity contribution is 0.0692. The van der Waals surface area contributed by atoms with Gasteiger partial charge < -0.3 is 30.4 Å². The van der Waals surface area contributed by atoms with Crippen molar-refractivity contribution in [3.05, 3.63) is 17.5 Å². The summed E-state index contributed by atoms with van der Waals surface area (Å²) in [6, 6.07) is 1.14. The molecule has 1 aromatic rings. The number of nitrogens with one attached hydrogen (secondary N) is 3. The fraction of sp³-hybridized carbons (Fsp3) is 0.538. The quantitative estimate of drug-likeness (QED) is 0.566. The molecule has 0 spiro atoms. The van der Waals surface area contributed by atoms with E-state index >= 15 is 0 Å². The van der Waals surface area contributed by atoms with Crippen LogP contribution in [0.4, 0.5) is 10.5 Å². The van der Waals surface area contributed by atoms with Crippen LogP contribution in [-0.2, 0) is 4.74 Å². The third-order valence-corrected chi connectivity index (χ3v) is 2.87. The summed E-state index contributed by atoms with van der Waals surface area (Å²) in [6.45, 7) is 4.26. The number of H-pyrrole nitrogens is 1. The van der Waals surface area contributed by atoms with Gasteiger partial charge in [-0.05, 0) is 20.0 Å². The van der Waals surface area contributed by atoms with Crippen LogP contribution in [0.25, 0.3) is 0 Å². The monoisotopic (exact) mass is 298 g/mol. The molecule has 1 heterocycles. The van der Waals surface area contributed by atoms with Crippen molar-refractivity contribution in [1.82, 2.24) is 15.2 Å². The Morgan fingerprint density at radius 3 is 2.76 bits per heavy atom. The average molecular weight is 298 g/mol. The number of rotatable bonds is 8. The summed E-state index contributed by atoms with van der Waals surface area (Å²) in [5.41, 5.74) is 0.895. The number of nitrogens with zero attached hydrogens (tertiary/aromatic N) is 1. The number of aryl methyl sites for hydroxylation is 1. The number of likely N-dealkylation sites (N-methyl/N-ethyl adjacent to an activating group) is 1. The van der Waals surface area contributed by atoms with Crippen molar-refractivity contribution in [3.63, 3.8) is 0 Å². The Morgan fingerprint density at radius 2 is 2.14 bits per heavy atom. The zero-order valence-electron chi connectivity index (χ0n) is 12.5. The summed E-state index contributed by atoms with van der Waals surface area (Å²) in [5.74, 6) is -1.11. The minimum absolute atomic E-state index is 0.0279. The van der Waals surface area contributed by atoms with Gasteiger partial charge in [-0.2, -0.15) is 0 Å². The Labute approximate surface area is 123 Å². The predicted octanol–water partition coefficient (Wildman–Crippen LogP) is 0.721. The van der Waals surface area contributed by atoms with Gasteiger partial charge in [-0.15, -0.1) is 0 Å². The van der Waals surface area contributed by atoms with Crippen molar-refractivity contribution < 1.29 is 19.4 Å². The number of carbonyl (C=O) groups is 2. The summed E-state index contributed by atoms with van der Waals surface area (Å²) in [6.07, 6.45) is 0. The molecule has 0 aliphatic heterocycles. The lowest BCUT2D eigenvalue weighted by Crippen LogP contribution is -2.36. The smallest absolute Gasteiger partial charge is 0.354 e. The number of hydrogen-bond acceptors (Lipinski definition) is 4. The molecule has 8 nitrogen and oxygen atoms in total. The molecule has 118 valence electrons. The van der Waals surface area contributed by atoms with E-state index in [1.165, 1.54) is 0 Å². The number of carboxylic acid groups (broad SMARTS) is 1. The first-order valence-electron chi connectivity index (χ1n) is 6.59. The van der Waals surface area contributed by atoms with E-state index in [4.69, 9.17) is 9.84 Å². The zero-order valence-corrected chi connectivity index (χ0v) is 12.5. The number of carboxylic acids is 1. The standard InChI is InChI=1S/C13H22N4O4/c1-9-8-10(11(15-9)12(18)19)16-13(20)14-4-5-17(2)6-7-21-3/h8,15H,4-7H2,1-3H3,(H,18,19)(H2,14,16,20). The molecule has 1 aromatic heterocycles. The number of ether oxygens (including phenoxy) is 1. The second-order valence-corrected chi connectivity index (χ2v) is 4.72. The Balaban J connectivity index is 2.39. The van der Waals surface area contributed by atoms with E-state index < -0.39 is 12.0 Å². The molecule has 2 amide bonds. The average Bonchev–Trinajstić information content (AvgIpc) is 2.77. The van der Waals surface area contributed by atoms with Gasteiger partial charge in [-0.1, -0.05) is 0 Å². The number of hydrogen-bond donors (Lipinski definition) is 4. The molecule has 0 fully saturated rings. The van der Waals surface area contributed by atoms with Crippen LogP contribution in [0.5, 0.6) is 0 Å². The van der Waals surface area contributed by atoms with Gasteiger partial charge in [0, 0.05) is 32.4 Å². The molecule has 8 heteroatoms. The van der Waals surface area contributed by atoms with Gasteiger partial charge in [-0.3, -0.25) is 0 Å². The summed E-state index contributed by atoms with van der Waals surface area (Å²) in [4.78, 5) is 27.4. The van der Waals surface area contributed by atoms with Gasteiger partial charge in [-0.25, -0.2) is 9.59 Å². The van der Waals surface area contributed by atoms with Crippen LogP contribution in [0, 0.1) is 6.92 Å². The van der Waals surface area contributed by atoms with Gasteiger partial charge in [0.05, 0.1) is 12.3 Å². The van der Waals surface area contributed by atoms with Crippen LogP contribution in [0.3, 0.4) is 0 Å². The van der Waals surface area contributed by atoms with Crippen molar-refractivity contribution in [1.29, 1.82) is 0 Å². The Morgan fingerprint density at radius 1 is 1.43 bits per heavy atom. The SMILES string of the molecule is COCCN(C)CCNC(=O)Nc1cc(C)[nH]c1C(=O)O. The second-order valence-electron chi connectivity index (χ2n) is 4.72. The molecule has 21 heavy (non-hydrogen) atoms. The Hall–Kier alpha value is -2.06. The lowest BCUT2D eigenvalue weighted by atomic mass is 10.3. The topological polar surface area (TPSA) is 107 Å². The van der Waals surface area contributed by atoms with E-state index in [0.717, 1.165) is 6.54 Å². The maximum atomic E-state index is 11.7. The van der Waals surface area contributed by atoms with Gasteiger partial charge in [0.25, 0.3) is 0 Å². The van der Waals surface area contributed by atoms with Gasteiger partial charge in [0.1, 0.15) is 5.69 Å². The number of anilines is 1. The molecule has 0 atom stereocenters. The first-order valence-corrected chi connectivity index (χ1v) is 6.59. The molecule has 0 bridgehead atoms. The van der Waals surface area contributed by atoms with Crippen LogP contribution in [0.1, 0.15) is 16.2 Å². The molecule has 0 radical (unpaired) electrons. The number of methoxy groups -OCH3 is 1. The fourth-order valence-electron chi connectivity index (χ4n) is 1.74. The molecule has 0 aliphatic carbocycles. The van der Waals surface area contributed by atoms with Crippen molar-refractivity contribution in [3.8, 4) is 0 Å². The maximum absolute atomic E-state index is 11.7. The number of amides is 2. The summed E-state index contributed by atoms with van der Waals surface area (Å²) < 4.78 is 4.96. The first-order chi connectivity index (χ1) is 9.93. The highest BCUT2D eigenvalue weighted by atomic mass is 16.5. The molecule has 0 aliphatic rings. The molecule has 0 saturated heterocycles. The van der Waals surface area contributed by atoms with Crippen molar-refractivity contribution in [2.24, 2.45) is 0 Å². The van der Waals surface area contributed by atoms with Gasteiger partial charge in [0.2, 0.25) is 0 Å². The number of urea groups is 1. The number of aromatic amines is 1. The molecule has 0 aromatic carbocycles. The number of aromatic carboxylic acids is 1. The summed E-state index contributed by atoms with van der Waals surface area (Å²) in [5, 5.41) is 14.2. The van der Waals surface area contributed by atoms with Crippen molar-refractivity contribution >= 4 is 17.7 Å². The predicted molar refractivity (Wildman–Crippen MR) is 78.9 cm³/mol. The number of aromatic nitrogens is 1. The maximum Gasteiger partial charge on any atom is 0.354 e. The number of carbonyl (C=O) groups excluding carboxylic acids is 1. The third kappa shape index (κ3) is 5.84. The van der Waals surface area contributed by atoms with E-state index in [1.807, 2.05) is 11.9 Å². The van der Waals surface area contributed by atoms with Crippen LogP contribution in [0.2, 0.25) is 0 Å². The van der Waals surface area contributed by atoms with Crippen LogP contribution >= 0.6 is 0 Å². The molecule has 0 unspecified atom stereocenters. The highest BCUT2D eigenvalue weighted by Gasteiger charge is 2.15. The minimum atomic E-state index is -1.11. The molecule has 1 rings (SSSR count). The van der Waals surface area contributed by atoms with Crippen molar-refractivity contribution in [2.45, 2.75) is 6.92 Å². The van der Waals surface area contributed by atoms with Crippen LogP contribution in [0.15, 0.2) is 6.07 Å². The summed E-state index contributed by atoms with van der Waals surface area (Å²) in [7, 11) is 3.56. The lowest BCUT2D eigenvalue weighted by Gasteiger charge is -2.16. The highest BCUT2D eigenvalue weighted by Crippen LogP contribution is 2.16. The van der Waals surface area contributed by atoms with E-state index in [0.29, 0.717) is 25.4 Å². The first kappa shape index (κ1) is 17.0. The van der Waals surface area contributed by atoms with Gasteiger partial charge in [0.15, 0.2) is 0 Å². The third-order valence-electron chi connectivity index (χ3n) is 2.87. The van der Waals surface area contributed by atoms with Crippen LogP contribution < -0.4 is 10.6 Å². The highest BCUT2D eigenvalue weighted by molar-refractivity contribution is 5.99. The van der Waals surface area contributed by atoms with E-state index in [-0.39, 0.29) is 11.4 Å². The minimum Gasteiger partial charge on any atom is -0.477 e. The molecule has 0 saturated carbocycles. The Kier molecular flexibility index (Phi) is 6.70. The fourth-order valence-corrected chi connectivity index (χ4v) is 1.74. The van der Waals surface area contributed by atoms with Crippen molar-refractivity contribution in [2.75, 3.05) is 45.7 Å². The second kappa shape index (κ2) is 8.28. The van der Waals surface area contributed by atoms with Crippen LogP contribution in [-0.4, -0.2) is 67.4 Å². The molecule has 4 N–H and O–H groups in total. The molecular formula is C13H22N4O4. The van der Waals surface area contributed by atoms with E-state index in [2.05, 4.69) is 15.6 Å². The Bertz CT molecular complexity index is 487. The zero-order chi connectivity index (χ0) is 15.8. The van der Waals surface area contributed by atoms with E-state index in [1.54, 1.807) is 20.1 Å².